The Hall–Kier alpha value is -2.31. The third-order valence-electron chi connectivity index (χ3n) is 2.19. The number of unbranched alkanes of at least 4 members (excludes halogenated alkanes) is 1. The van der Waals surface area contributed by atoms with Crippen molar-refractivity contribution in [1.82, 2.24) is 4.98 Å². The second kappa shape index (κ2) is 7.20. The second-order valence-corrected chi connectivity index (χ2v) is 3.59. The van der Waals surface area contributed by atoms with Crippen LogP contribution in [0.3, 0.4) is 0 Å². The molecule has 7 nitrogen and oxygen atoms in total. The Balaban J connectivity index is 2.81. The van der Waals surface area contributed by atoms with Gasteiger partial charge in [0.1, 0.15) is 0 Å². The largest absolute Gasteiger partial charge is 0.512 e. The Kier molecular flexibility index (Phi) is 5.59. The summed E-state index contributed by atoms with van der Waals surface area (Å²) in [5, 5.41) is 8.50. The number of methoxy groups -OCH3 is 1. The molecule has 0 aromatic carbocycles. The van der Waals surface area contributed by atoms with Crippen molar-refractivity contribution in [2.75, 3.05) is 13.7 Å². The van der Waals surface area contributed by atoms with E-state index in [1.54, 1.807) is 0 Å². The van der Waals surface area contributed by atoms with Crippen LogP contribution in [-0.4, -0.2) is 35.9 Å². The van der Waals surface area contributed by atoms with Gasteiger partial charge in [-0.2, -0.15) is 0 Å². The zero-order valence-electron chi connectivity index (χ0n) is 10.7. The van der Waals surface area contributed by atoms with E-state index < -0.39 is 12.1 Å². The van der Waals surface area contributed by atoms with E-state index >= 15 is 0 Å². The van der Waals surface area contributed by atoms with Crippen LogP contribution in [0.1, 0.15) is 30.1 Å². The molecule has 1 aromatic rings. The summed E-state index contributed by atoms with van der Waals surface area (Å²) in [6.07, 6.45) is 1.36. The van der Waals surface area contributed by atoms with E-state index in [0.717, 1.165) is 12.8 Å². The highest BCUT2D eigenvalue weighted by Gasteiger charge is 2.15. The molecule has 19 heavy (non-hydrogen) atoms. The van der Waals surface area contributed by atoms with E-state index in [9.17, 15) is 9.59 Å². The molecule has 7 heteroatoms. The van der Waals surface area contributed by atoms with Crippen LogP contribution in [0.4, 0.5) is 4.79 Å². The highest BCUT2D eigenvalue weighted by Crippen LogP contribution is 2.25. The Morgan fingerprint density at radius 3 is 2.74 bits per heavy atom. The van der Waals surface area contributed by atoms with Gasteiger partial charge in [0, 0.05) is 12.3 Å². The quantitative estimate of drug-likeness (QED) is 0.624. The van der Waals surface area contributed by atoms with Gasteiger partial charge < -0.3 is 19.3 Å². The number of hydrogen-bond acceptors (Lipinski definition) is 6. The summed E-state index contributed by atoms with van der Waals surface area (Å²) in [6.45, 7) is 2.31. The molecule has 0 aliphatic carbocycles. The maximum Gasteiger partial charge on any atom is 0.512 e. The number of aromatic nitrogens is 1. The van der Waals surface area contributed by atoms with E-state index in [-0.39, 0.29) is 17.2 Å². The van der Waals surface area contributed by atoms with Gasteiger partial charge in [-0.05, 0) is 6.42 Å². The van der Waals surface area contributed by atoms with Crippen molar-refractivity contribution >= 4 is 12.1 Å². The molecule has 0 atom stereocenters. The molecule has 0 spiro atoms. The number of carbonyl (C=O) groups is 2. The van der Waals surface area contributed by atoms with E-state index in [0.29, 0.717) is 6.61 Å². The first-order chi connectivity index (χ1) is 9.08. The van der Waals surface area contributed by atoms with Gasteiger partial charge in [-0.25, -0.2) is 14.6 Å². The first-order valence-corrected chi connectivity index (χ1v) is 5.70. The Bertz CT molecular complexity index is 460. The smallest absolute Gasteiger partial charge is 0.491 e. The van der Waals surface area contributed by atoms with E-state index in [4.69, 9.17) is 14.6 Å². The third-order valence-corrected chi connectivity index (χ3v) is 2.19. The van der Waals surface area contributed by atoms with Crippen LogP contribution in [-0.2, 0) is 4.74 Å². The molecule has 0 bridgehead atoms. The van der Waals surface area contributed by atoms with Gasteiger partial charge in [0.25, 0.3) is 5.88 Å². The van der Waals surface area contributed by atoms with Gasteiger partial charge in [-0.1, -0.05) is 13.3 Å². The van der Waals surface area contributed by atoms with Gasteiger partial charge in [-0.15, -0.1) is 0 Å². The van der Waals surface area contributed by atoms with Crippen LogP contribution >= 0.6 is 0 Å². The number of ether oxygens (including phenoxy) is 3. The summed E-state index contributed by atoms with van der Waals surface area (Å²) in [5.74, 6) is -0.714. The SMILES string of the molecule is CCCCOC(=O)c1cnc(OC(=O)O)c(OC)c1. The molecule has 0 aliphatic rings. The standard InChI is InChI=1S/C12H15NO6/c1-3-4-5-18-11(14)8-6-9(17-2)10(13-7-8)19-12(15)16/h6-7H,3-5H2,1-2H3,(H,15,16). The lowest BCUT2D eigenvalue weighted by Crippen LogP contribution is -2.10. The van der Waals surface area contributed by atoms with E-state index in [1.165, 1.54) is 19.4 Å². The van der Waals surface area contributed by atoms with E-state index in [2.05, 4.69) is 9.72 Å². The van der Waals surface area contributed by atoms with Crippen LogP contribution in [0.2, 0.25) is 0 Å². The first kappa shape index (κ1) is 14.7. The van der Waals surface area contributed by atoms with Crippen LogP contribution in [0, 0.1) is 0 Å². The van der Waals surface area contributed by atoms with Crippen molar-refractivity contribution in [3.8, 4) is 11.6 Å². The van der Waals surface area contributed by atoms with Gasteiger partial charge in [-0.3, -0.25) is 0 Å². The van der Waals surface area contributed by atoms with Gasteiger partial charge in [0.2, 0.25) is 0 Å². The monoisotopic (exact) mass is 269 g/mol. The summed E-state index contributed by atoms with van der Waals surface area (Å²) in [6, 6.07) is 1.32. The molecule has 0 fully saturated rings. The summed E-state index contributed by atoms with van der Waals surface area (Å²) >= 11 is 0. The van der Waals surface area contributed by atoms with Crippen LogP contribution in [0.15, 0.2) is 12.3 Å². The van der Waals surface area contributed by atoms with Crippen molar-refractivity contribution in [3.05, 3.63) is 17.8 Å². The molecule has 1 heterocycles. The maximum atomic E-state index is 11.6. The Labute approximate surface area is 110 Å². The summed E-state index contributed by atoms with van der Waals surface area (Å²) in [5.41, 5.74) is 0.172. The third kappa shape index (κ3) is 4.46. The number of pyridine rings is 1. The van der Waals surface area contributed by atoms with Crippen molar-refractivity contribution in [1.29, 1.82) is 0 Å². The normalized spacial score (nSPS) is 9.79. The highest BCUT2D eigenvalue weighted by atomic mass is 16.7. The van der Waals surface area contributed by atoms with Crippen molar-refractivity contribution in [3.63, 3.8) is 0 Å². The molecule has 0 aliphatic heterocycles. The molecule has 0 unspecified atom stereocenters. The fourth-order valence-electron chi connectivity index (χ4n) is 1.24. The van der Waals surface area contributed by atoms with Crippen LogP contribution in [0.5, 0.6) is 11.6 Å². The lowest BCUT2D eigenvalue weighted by molar-refractivity contribution is 0.0499. The topological polar surface area (TPSA) is 95.0 Å². The number of esters is 1. The molecule has 0 radical (unpaired) electrons. The minimum atomic E-state index is -1.51. The average Bonchev–Trinajstić information content (AvgIpc) is 2.38. The predicted octanol–water partition coefficient (Wildman–Crippen LogP) is 2.10. The molecule has 0 amide bonds. The number of rotatable bonds is 6. The molecule has 1 aromatic heterocycles. The molecule has 0 saturated heterocycles. The van der Waals surface area contributed by atoms with Crippen molar-refractivity contribution < 1.29 is 28.9 Å². The number of nitrogens with zero attached hydrogens (tertiary/aromatic N) is 1. The van der Waals surface area contributed by atoms with Gasteiger partial charge in [0.15, 0.2) is 5.75 Å². The van der Waals surface area contributed by atoms with E-state index in [1.807, 2.05) is 6.92 Å². The molecule has 1 N–H and O–H groups in total. The minimum absolute atomic E-state index is 0.0485. The zero-order valence-corrected chi connectivity index (χ0v) is 10.7. The predicted molar refractivity (Wildman–Crippen MR) is 64.6 cm³/mol. The Morgan fingerprint density at radius 1 is 1.42 bits per heavy atom. The summed E-state index contributed by atoms with van der Waals surface area (Å²) in [7, 11) is 1.32. The fourth-order valence-corrected chi connectivity index (χ4v) is 1.24. The second-order valence-electron chi connectivity index (χ2n) is 3.59. The number of hydrogen-bond donors (Lipinski definition) is 1. The maximum absolute atomic E-state index is 11.6. The summed E-state index contributed by atoms with van der Waals surface area (Å²) in [4.78, 5) is 25.8. The summed E-state index contributed by atoms with van der Waals surface area (Å²) < 4.78 is 14.3. The molecule has 1 rings (SSSR count). The number of carbonyl (C=O) groups excluding carboxylic acids is 1. The van der Waals surface area contributed by atoms with Gasteiger partial charge >= 0.3 is 12.1 Å². The fraction of sp³-hybridized carbons (Fsp3) is 0.417. The zero-order chi connectivity index (χ0) is 14.3. The average molecular weight is 269 g/mol. The minimum Gasteiger partial charge on any atom is -0.491 e. The van der Waals surface area contributed by atoms with Gasteiger partial charge in [0.05, 0.1) is 19.3 Å². The molecule has 0 saturated carbocycles. The molecular formula is C12H15NO6. The van der Waals surface area contributed by atoms with Crippen molar-refractivity contribution in [2.24, 2.45) is 0 Å². The highest BCUT2D eigenvalue weighted by molar-refractivity contribution is 5.89. The lowest BCUT2D eigenvalue weighted by atomic mass is 10.2. The first-order valence-electron chi connectivity index (χ1n) is 5.70. The van der Waals surface area contributed by atoms with Crippen LogP contribution in [0.25, 0.3) is 0 Å². The Morgan fingerprint density at radius 2 is 2.16 bits per heavy atom. The van der Waals surface area contributed by atoms with Crippen molar-refractivity contribution in [2.45, 2.75) is 19.8 Å². The molecule has 104 valence electrons. The molecular weight excluding hydrogens is 254 g/mol. The number of carboxylic acid groups (broad SMARTS) is 1. The van der Waals surface area contributed by atoms with Crippen LogP contribution < -0.4 is 9.47 Å². The lowest BCUT2D eigenvalue weighted by Gasteiger charge is -2.08.